The number of rotatable bonds is 2. The highest BCUT2D eigenvalue weighted by Crippen LogP contribution is 2.21. The highest BCUT2D eigenvalue weighted by Gasteiger charge is 2.28. The summed E-state index contributed by atoms with van der Waals surface area (Å²) >= 11 is 0. The van der Waals surface area contributed by atoms with Crippen molar-refractivity contribution in [2.45, 2.75) is 31.7 Å². The van der Waals surface area contributed by atoms with E-state index in [2.05, 4.69) is 9.88 Å². The molecule has 3 heterocycles. The summed E-state index contributed by atoms with van der Waals surface area (Å²) in [5.41, 5.74) is 0.710. The van der Waals surface area contributed by atoms with Crippen LogP contribution in [-0.2, 0) is 0 Å². The standard InChI is InChI=1S/C15H21N3O/c19-15(13-4-3-7-16-12-13)18-10-5-14(6-11-18)17-8-1-2-9-17/h3-4,7,12,14H,1-2,5-6,8-11H2. The summed E-state index contributed by atoms with van der Waals surface area (Å²) < 4.78 is 0. The summed E-state index contributed by atoms with van der Waals surface area (Å²) in [6.45, 7) is 4.27. The molecule has 0 spiro atoms. The van der Waals surface area contributed by atoms with Crippen molar-refractivity contribution in [3.8, 4) is 0 Å². The Morgan fingerprint density at radius 3 is 2.53 bits per heavy atom. The Labute approximate surface area is 114 Å². The van der Waals surface area contributed by atoms with Gasteiger partial charge in [0, 0.05) is 31.5 Å². The van der Waals surface area contributed by atoms with Crippen LogP contribution < -0.4 is 0 Å². The molecule has 1 aromatic heterocycles. The summed E-state index contributed by atoms with van der Waals surface area (Å²) in [6, 6.07) is 4.37. The quantitative estimate of drug-likeness (QED) is 0.812. The molecule has 0 aromatic carbocycles. The molecule has 0 aliphatic carbocycles. The Bertz CT molecular complexity index is 420. The van der Waals surface area contributed by atoms with E-state index in [0.717, 1.165) is 25.9 Å². The molecule has 4 heteroatoms. The maximum atomic E-state index is 12.3. The van der Waals surface area contributed by atoms with Gasteiger partial charge < -0.3 is 9.80 Å². The number of hydrogen-bond donors (Lipinski definition) is 0. The second-order valence-corrected chi connectivity index (χ2v) is 5.51. The first kappa shape index (κ1) is 12.6. The van der Waals surface area contributed by atoms with Crippen molar-refractivity contribution >= 4 is 5.91 Å². The van der Waals surface area contributed by atoms with Crippen molar-refractivity contribution in [1.29, 1.82) is 0 Å². The molecule has 102 valence electrons. The summed E-state index contributed by atoms with van der Waals surface area (Å²) in [6.07, 6.45) is 8.28. The minimum absolute atomic E-state index is 0.132. The number of nitrogens with zero attached hydrogens (tertiary/aromatic N) is 3. The number of carbonyl (C=O) groups excluding carboxylic acids is 1. The Hall–Kier alpha value is -1.42. The Kier molecular flexibility index (Phi) is 3.78. The van der Waals surface area contributed by atoms with Crippen LogP contribution in [0.3, 0.4) is 0 Å². The fourth-order valence-electron chi connectivity index (χ4n) is 3.21. The molecule has 1 amide bonds. The van der Waals surface area contributed by atoms with E-state index in [9.17, 15) is 4.79 Å². The van der Waals surface area contributed by atoms with Gasteiger partial charge in [-0.3, -0.25) is 9.78 Å². The average molecular weight is 259 g/mol. The number of hydrogen-bond acceptors (Lipinski definition) is 3. The fraction of sp³-hybridized carbons (Fsp3) is 0.600. The molecular formula is C15H21N3O. The predicted molar refractivity (Wildman–Crippen MR) is 74.0 cm³/mol. The second-order valence-electron chi connectivity index (χ2n) is 5.51. The lowest BCUT2D eigenvalue weighted by molar-refractivity contribution is 0.0644. The summed E-state index contributed by atoms with van der Waals surface area (Å²) in [7, 11) is 0. The maximum Gasteiger partial charge on any atom is 0.255 e. The van der Waals surface area contributed by atoms with Gasteiger partial charge in [-0.15, -0.1) is 0 Å². The molecule has 2 fully saturated rings. The zero-order valence-corrected chi connectivity index (χ0v) is 11.3. The zero-order valence-electron chi connectivity index (χ0n) is 11.3. The SMILES string of the molecule is O=C(c1cccnc1)N1CCC(N2CCCC2)CC1. The van der Waals surface area contributed by atoms with Gasteiger partial charge in [-0.1, -0.05) is 0 Å². The molecule has 19 heavy (non-hydrogen) atoms. The third kappa shape index (κ3) is 2.78. The van der Waals surface area contributed by atoms with Crippen molar-refractivity contribution in [2.24, 2.45) is 0 Å². The molecule has 0 atom stereocenters. The van der Waals surface area contributed by atoms with E-state index in [1.165, 1.54) is 25.9 Å². The Balaban J connectivity index is 1.56. The summed E-state index contributed by atoms with van der Waals surface area (Å²) in [4.78, 5) is 20.9. The van der Waals surface area contributed by atoms with Crippen LogP contribution >= 0.6 is 0 Å². The van der Waals surface area contributed by atoms with E-state index in [1.807, 2.05) is 17.0 Å². The van der Waals surface area contributed by atoms with Crippen molar-refractivity contribution in [3.63, 3.8) is 0 Å². The van der Waals surface area contributed by atoms with Gasteiger partial charge in [-0.2, -0.15) is 0 Å². The fourth-order valence-corrected chi connectivity index (χ4v) is 3.21. The first-order chi connectivity index (χ1) is 9.34. The molecule has 1 aromatic rings. The van der Waals surface area contributed by atoms with Gasteiger partial charge in [0.1, 0.15) is 0 Å². The zero-order chi connectivity index (χ0) is 13.1. The number of aromatic nitrogens is 1. The molecule has 0 N–H and O–H groups in total. The molecule has 0 saturated carbocycles. The first-order valence-electron chi connectivity index (χ1n) is 7.28. The van der Waals surface area contributed by atoms with Crippen molar-refractivity contribution in [3.05, 3.63) is 30.1 Å². The second kappa shape index (κ2) is 5.70. The van der Waals surface area contributed by atoms with Crippen LogP contribution in [0.25, 0.3) is 0 Å². The minimum atomic E-state index is 0.132. The third-order valence-corrected chi connectivity index (χ3v) is 4.32. The third-order valence-electron chi connectivity index (χ3n) is 4.32. The van der Waals surface area contributed by atoms with Crippen molar-refractivity contribution in [2.75, 3.05) is 26.2 Å². The van der Waals surface area contributed by atoms with Gasteiger partial charge in [0.05, 0.1) is 5.56 Å². The highest BCUT2D eigenvalue weighted by atomic mass is 16.2. The lowest BCUT2D eigenvalue weighted by Gasteiger charge is -2.36. The van der Waals surface area contributed by atoms with Crippen LogP contribution in [0.2, 0.25) is 0 Å². The molecule has 0 bridgehead atoms. The largest absolute Gasteiger partial charge is 0.338 e. The van der Waals surface area contributed by atoms with Gasteiger partial charge in [-0.05, 0) is 50.9 Å². The summed E-state index contributed by atoms with van der Waals surface area (Å²) in [5, 5.41) is 0. The number of amides is 1. The van der Waals surface area contributed by atoms with Gasteiger partial charge in [0.2, 0.25) is 0 Å². The number of likely N-dealkylation sites (tertiary alicyclic amines) is 2. The molecule has 0 radical (unpaired) electrons. The molecule has 3 rings (SSSR count). The monoisotopic (exact) mass is 259 g/mol. The predicted octanol–water partition coefficient (Wildman–Crippen LogP) is 1.78. The molecule has 2 saturated heterocycles. The van der Waals surface area contributed by atoms with Gasteiger partial charge in [0.25, 0.3) is 5.91 Å². The number of piperidine rings is 1. The van der Waals surface area contributed by atoms with Crippen LogP contribution in [0, 0.1) is 0 Å². The lowest BCUT2D eigenvalue weighted by Crippen LogP contribution is -2.45. The van der Waals surface area contributed by atoms with E-state index in [1.54, 1.807) is 12.4 Å². The van der Waals surface area contributed by atoms with E-state index in [0.29, 0.717) is 11.6 Å². The highest BCUT2D eigenvalue weighted by molar-refractivity contribution is 5.93. The topological polar surface area (TPSA) is 36.4 Å². The van der Waals surface area contributed by atoms with Crippen molar-refractivity contribution in [1.82, 2.24) is 14.8 Å². The number of carbonyl (C=O) groups is 1. The maximum absolute atomic E-state index is 12.3. The molecule has 2 aliphatic heterocycles. The average Bonchev–Trinajstić information content (AvgIpc) is 3.02. The Morgan fingerprint density at radius 2 is 1.89 bits per heavy atom. The van der Waals surface area contributed by atoms with Crippen LogP contribution in [0.4, 0.5) is 0 Å². The van der Waals surface area contributed by atoms with Crippen LogP contribution in [-0.4, -0.2) is 52.9 Å². The lowest BCUT2D eigenvalue weighted by atomic mass is 10.0. The minimum Gasteiger partial charge on any atom is -0.338 e. The van der Waals surface area contributed by atoms with Gasteiger partial charge in [0.15, 0.2) is 0 Å². The molecule has 2 aliphatic rings. The smallest absolute Gasteiger partial charge is 0.255 e. The first-order valence-corrected chi connectivity index (χ1v) is 7.28. The normalized spacial score (nSPS) is 21.8. The molecular weight excluding hydrogens is 238 g/mol. The van der Waals surface area contributed by atoms with Crippen LogP contribution in [0.5, 0.6) is 0 Å². The number of pyridine rings is 1. The van der Waals surface area contributed by atoms with Gasteiger partial charge >= 0.3 is 0 Å². The van der Waals surface area contributed by atoms with E-state index in [-0.39, 0.29) is 5.91 Å². The van der Waals surface area contributed by atoms with E-state index in [4.69, 9.17) is 0 Å². The van der Waals surface area contributed by atoms with E-state index < -0.39 is 0 Å². The van der Waals surface area contributed by atoms with E-state index >= 15 is 0 Å². The van der Waals surface area contributed by atoms with Gasteiger partial charge in [-0.25, -0.2) is 0 Å². The molecule has 4 nitrogen and oxygen atoms in total. The molecule has 0 unspecified atom stereocenters. The van der Waals surface area contributed by atoms with Crippen LogP contribution in [0.15, 0.2) is 24.5 Å². The van der Waals surface area contributed by atoms with Crippen LogP contribution in [0.1, 0.15) is 36.0 Å². The summed E-state index contributed by atoms with van der Waals surface area (Å²) in [5.74, 6) is 0.132. The Morgan fingerprint density at radius 1 is 1.16 bits per heavy atom. The van der Waals surface area contributed by atoms with Crippen molar-refractivity contribution < 1.29 is 4.79 Å².